The van der Waals surface area contributed by atoms with Crippen molar-refractivity contribution in [3.05, 3.63) is 47.5 Å². The zero-order valence-corrected chi connectivity index (χ0v) is 14.7. The molecule has 3 rings (SSSR count). The number of aromatic hydroxyl groups is 1. The normalized spacial score (nSPS) is 10.8. The second-order valence-corrected chi connectivity index (χ2v) is 6.07. The molecule has 0 radical (unpaired) electrons. The summed E-state index contributed by atoms with van der Waals surface area (Å²) in [6.07, 6.45) is 0.875. The quantitative estimate of drug-likeness (QED) is 0.764. The van der Waals surface area contributed by atoms with Crippen molar-refractivity contribution >= 4 is 11.0 Å². The number of benzene rings is 2. The maximum absolute atomic E-state index is 10.4. The Morgan fingerprint density at radius 1 is 1.08 bits per heavy atom. The standard InChI is InChI=1S/C16H17N3O.C3H8O/c1-10(2)12-5-4-6-15(16(12)20)19-17-13-8-7-11(3)9-14(13)18-19;1-2-3-4/h4-10,20H,1-3H3;4H,2-3H2,1H3. The van der Waals surface area contributed by atoms with Crippen LogP contribution >= 0.6 is 0 Å². The third-order valence-electron chi connectivity index (χ3n) is 3.64. The second-order valence-electron chi connectivity index (χ2n) is 6.07. The van der Waals surface area contributed by atoms with E-state index >= 15 is 0 Å². The van der Waals surface area contributed by atoms with Gasteiger partial charge in [-0.3, -0.25) is 0 Å². The number of aromatic nitrogens is 3. The van der Waals surface area contributed by atoms with Crippen molar-refractivity contribution in [3.63, 3.8) is 0 Å². The van der Waals surface area contributed by atoms with Gasteiger partial charge in [0.05, 0.1) is 0 Å². The number of fused-ring (bicyclic) bond motifs is 1. The van der Waals surface area contributed by atoms with Crippen LogP contribution in [0.1, 0.15) is 44.2 Å². The molecular weight excluding hydrogens is 302 g/mol. The summed E-state index contributed by atoms with van der Waals surface area (Å²) >= 11 is 0. The van der Waals surface area contributed by atoms with Crippen molar-refractivity contribution in [3.8, 4) is 11.4 Å². The molecule has 24 heavy (non-hydrogen) atoms. The highest BCUT2D eigenvalue weighted by atomic mass is 16.3. The molecule has 0 fully saturated rings. The number of nitrogens with zero attached hydrogens (tertiary/aromatic N) is 3. The van der Waals surface area contributed by atoms with Crippen molar-refractivity contribution in [1.29, 1.82) is 0 Å². The number of rotatable bonds is 3. The molecule has 0 saturated heterocycles. The molecule has 0 bridgehead atoms. The summed E-state index contributed by atoms with van der Waals surface area (Å²) in [7, 11) is 0. The molecule has 1 aromatic heterocycles. The molecular formula is C19H25N3O2. The van der Waals surface area contributed by atoms with Crippen molar-refractivity contribution in [2.75, 3.05) is 6.61 Å². The molecule has 5 heteroatoms. The monoisotopic (exact) mass is 327 g/mol. The summed E-state index contributed by atoms with van der Waals surface area (Å²) in [6, 6.07) is 11.6. The molecule has 0 unspecified atom stereocenters. The maximum Gasteiger partial charge on any atom is 0.146 e. The van der Waals surface area contributed by atoms with E-state index in [4.69, 9.17) is 5.11 Å². The van der Waals surface area contributed by atoms with Gasteiger partial charge in [-0.2, -0.15) is 0 Å². The minimum atomic E-state index is 0.250. The topological polar surface area (TPSA) is 71.2 Å². The minimum Gasteiger partial charge on any atom is -0.505 e. The van der Waals surface area contributed by atoms with E-state index in [9.17, 15) is 5.11 Å². The molecule has 3 aromatic rings. The summed E-state index contributed by atoms with van der Waals surface area (Å²) in [5.74, 6) is 0.502. The zero-order chi connectivity index (χ0) is 17.7. The number of aliphatic hydroxyl groups excluding tert-OH is 1. The van der Waals surface area contributed by atoms with Crippen molar-refractivity contribution in [1.82, 2.24) is 15.0 Å². The van der Waals surface area contributed by atoms with Gasteiger partial charge in [-0.15, -0.1) is 15.0 Å². The number of aryl methyl sites for hydroxylation is 1. The minimum absolute atomic E-state index is 0.250. The molecule has 0 spiro atoms. The Morgan fingerprint density at radius 3 is 2.38 bits per heavy atom. The molecule has 2 aromatic carbocycles. The third kappa shape index (κ3) is 3.92. The molecule has 0 atom stereocenters. The van der Waals surface area contributed by atoms with E-state index in [2.05, 4.69) is 24.0 Å². The predicted molar refractivity (Wildman–Crippen MR) is 96.7 cm³/mol. The summed E-state index contributed by atoms with van der Waals surface area (Å²) in [4.78, 5) is 1.51. The third-order valence-corrected chi connectivity index (χ3v) is 3.64. The highest BCUT2D eigenvalue weighted by molar-refractivity contribution is 5.74. The lowest BCUT2D eigenvalue weighted by molar-refractivity contribution is 0.295. The summed E-state index contributed by atoms with van der Waals surface area (Å²) in [6.45, 7) is 8.37. The van der Waals surface area contributed by atoms with Gasteiger partial charge in [0.1, 0.15) is 22.5 Å². The molecule has 5 nitrogen and oxygen atoms in total. The Balaban J connectivity index is 0.000000471. The van der Waals surface area contributed by atoms with E-state index in [0.29, 0.717) is 12.3 Å². The van der Waals surface area contributed by atoms with Crippen LogP contribution in [0.5, 0.6) is 5.75 Å². The Bertz CT molecular complexity index is 807. The summed E-state index contributed by atoms with van der Waals surface area (Å²) in [5, 5.41) is 27.1. The first-order valence-corrected chi connectivity index (χ1v) is 8.24. The van der Waals surface area contributed by atoms with E-state index in [-0.39, 0.29) is 11.7 Å². The lowest BCUT2D eigenvalue weighted by atomic mass is 10.0. The Kier molecular flexibility index (Phi) is 5.93. The highest BCUT2D eigenvalue weighted by Crippen LogP contribution is 2.31. The van der Waals surface area contributed by atoms with Gasteiger partial charge in [-0.25, -0.2) is 0 Å². The van der Waals surface area contributed by atoms with Crippen LogP contribution in [0.4, 0.5) is 0 Å². The lowest BCUT2D eigenvalue weighted by Gasteiger charge is -2.11. The number of phenolic OH excluding ortho intramolecular Hbond substituents is 1. The molecule has 0 aliphatic carbocycles. The fraction of sp³-hybridized carbons (Fsp3) is 0.368. The average molecular weight is 327 g/mol. The molecule has 128 valence electrons. The smallest absolute Gasteiger partial charge is 0.146 e. The van der Waals surface area contributed by atoms with Crippen LogP contribution in [0.15, 0.2) is 36.4 Å². The van der Waals surface area contributed by atoms with Crippen LogP contribution in [0.3, 0.4) is 0 Å². The molecule has 2 N–H and O–H groups in total. The van der Waals surface area contributed by atoms with E-state index in [1.807, 2.05) is 50.2 Å². The molecule has 1 heterocycles. The van der Waals surface area contributed by atoms with Gasteiger partial charge in [-0.1, -0.05) is 39.0 Å². The second kappa shape index (κ2) is 7.93. The van der Waals surface area contributed by atoms with E-state index < -0.39 is 0 Å². The van der Waals surface area contributed by atoms with Gasteiger partial charge in [-0.05, 0) is 48.6 Å². The first-order chi connectivity index (χ1) is 11.5. The van der Waals surface area contributed by atoms with E-state index in [1.165, 1.54) is 4.80 Å². The number of para-hydroxylation sites is 1. The Morgan fingerprint density at radius 2 is 1.75 bits per heavy atom. The van der Waals surface area contributed by atoms with E-state index in [1.54, 1.807) is 0 Å². The van der Waals surface area contributed by atoms with Crippen molar-refractivity contribution in [2.45, 2.75) is 40.0 Å². The molecule has 0 amide bonds. The predicted octanol–water partition coefficient (Wildman–Crippen LogP) is 3.95. The number of hydrogen-bond acceptors (Lipinski definition) is 4. The highest BCUT2D eigenvalue weighted by Gasteiger charge is 2.13. The first kappa shape index (κ1) is 17.9. The van der Waals surface area contributed by atoms with E-state index in [0.717, 1.165) is 28.6 Å². The SMILES string of the molecule is CCCO.Cc1ccc2nn(-c3cccc(C(C)C)c3O)nc2c1. The lowest BCUT2D eigenvalue weighted by Crippen LogP contribution is -2.01. The molecule has 0 aliphatic heterocycles. The van der Waals surface area contributed by atoms with Gasteiger partial charge < -0.3 is 10.2 Å². The van der Waals surface area contributed by atoms with Gasteiger partial charge in [0.2, 0.25) is 0 Å². The number of phenols is 1. The zero-order valence-electron chi connectivity index (χ0n) is 14.7. The fourth-order valence-electron chi connectivity index (χ4n) is 2.31. The fourth-order valence-corrected chi connectivity index (χ4v) is 2.31. The van der Waals surface area contributed by atoms with Gasteiger partial charge in [0.25, 0.3) is 0 Å². The number of aliphatic hydroxyl groups is 1. The van der Waals surface area contributed by atoms with Gasteiger partial charge in [0, 0.05) is 6.61 Å². The van der Waals surface area contributed by atoms with Crippen LogP contribution in [-0.4, -0.2) is 31.8 Å². The Hall–Kier alpha value is -2.40. The number of hydrogen-bond donors (Lipinski definition) is 2. The van der Waals surface area contributed by atoms with Gasteiger partial charge >= 0.3 is 0 Å². The van der Waals surface area contributed by atoms with Gasteiger partial charge in [0.15, 0.2) is 0 Å². The molecule has 0 saturated carbocycles. The average Bonchev–Trinajstić information content (AvgIpc) is 2.97. The van der Waals surface area contributed by atoms with Crippen LogP contribution in [-0.2, 0) is 0 Å². The molecule has 0 aliphatic rings. The Labute approximate surface area is 142 Å². The van der Waals surface area contributed by atoms with Crippen LogP contribution < -0.4 is 0 Å². The largest absolute Gasteiger partial charge is 0.505 e. The van der Waals surface area contributed by atoms with Crippen molar-refractivity contribution < 1.29 is 10.2 Å². The van der Waals surface area contributed by atoms with Crippen molar-refractivity contribution in [2.24, 2.45) is 0 Å². The van der Waals surface area contributed by atoms with Crippen LogP contribution in [0, 0.1) is 6.92 Å². The first-order valence-electron chi connectivity index (χ1n) is 8.24. The van der Waals surface area contributed by atoms with Crippen LogP contribution in [0.25, 0.3) is 16.7 Å². The van der Waals surface area contributed by atoms with Crippen LogP contribution in [0.2, 0.25) is 0 Å². The maximum atomic E-state index is 10.4. The summed E-state index contributed by atoms with van der Waals surface area (Å²) < 4.78 is 0. The summed E-state index contributed by atoms with van der Waals surface area (Å²) in [5.41, 5.74) is 4.32.